The van der Waals surface area contributed by atoms with Crippen LogP contribution in [-0.2, 0) is 0 Å². The van der Waals surface area contributed by atoms with Crippen LogP contribution in [0.1, 0.15) is 0 Å². The van der Waals surface area contributed by atoms with Crippen molar-refractivity contribution >= 4 is 34.7 Å². The minimum Gasteiger partial charge on any atom is -0.367 e. The molecule has 28 heavy (non-hydrogen) atoms. The Morgan fingerprint density at radius 2 is 1.21 bits per heavy atom. The molecule has 0 atom stereocenters. The Morgan fingerprint density at radius 3 is 1.75 bits per heavy atom. The minimum absolute atomic E-state index is 0.00351. The molecule has 0 aliphatic carbocycles. The molecule has 5 heteroatoms. The molecule has 0 radical (unpaired) electrons. The molecule has 0 N–H and O–H groups in total. The van der Waals surface area contributed by atoms with Gasteiger partial charge in [-0.2, -0.15) is 0 Å². The van der Waals surface area contributed by atoms with Crippen molar-refractivity contribution in [1.29, 1.82) is 0 Å². The molecular weight excluding hydrogens is 370 g/mol. The first-order valence-electron chi connectivity index (χ1n) is 9.42. The molecule has 0 spiro atoms. The van der Waals surface area contributed by atoms with Gasteiger partial charge in [-0.15, -0.1) is 0 Å². The monoisotopic (exact) mass is 391 g/mol. The maximum Gasteiger partial charge on any atom is 0.329 e. The lowest BCUT2D eigenvalue weighted by Gasteiger charge is -2.38. The van der Waals surface area contributed by atoms with Crippen LogP contribution in [0.3, 0.4) is 0 Å². The van der Waals surface area contributed by atoms with Crippen molar-refractivity contribution < 1.29 is 4.79 Å². The van der Waals surface area contributed by atoms with Crippen molar-refractivity contribution in [3.8, 4) is 0 Å². The van der Waals surface area contributed by atoms with Gasteiger partial charge in [0.15, 0.2) is 0 Å². The van der Waals surface area contributed by atoms with Gasteiger partial charge in [-0.1, -0.05) is 60.1 Å². The van der Waals surface area contributed by atoms with Gasteiger partial charge < -0.3 is 9.80 Å². The summed E-state index contributed by atoms with van der Waals surface area (Å²) in [5, 5.41) is 0.748. The highest BCUT2D eigenvalue weighted by atomic mass is 35.5. The number of anilines is 3. The van der Waals surface area contributed by atoms with Crippen LogP contribution >= 0.6 is 11.6 Å². The average molecular weight is 392 g/mol. The van der Waals surface area contributed by atoms with E-state index < -0.39 is 0 Å². The van der Waals surface area contributed by atoms with Crippen molar-refractivity contribution in [2.75, 3.05) is 36.0 Å². The standard InChI is InChI=1S/C23H22ClN3O/c24-21-13-7-8-14-22(21)25-15-17-26(18-16-25)23(28)27(19-9-3-1-4-10-19)20-11-5-2-6-12-20/h1-14H,15-18H2. The van der Waals surface area contributed by atoms with E-state index in [-0.39, 0.29) is 6.03 Å². The van der Waals surface area contributed by atoms with Crippen LogP contribution in [-0.4, -0.2) is 37.1 Å². The van der Waals surface area contributed by atoms with Gasteiger partial charge in [0.1, 0.15) is 0 Å². The molecule has 0 saturated carbocycles. The van der Waals surface area contributed by atoms with Crippen LogP contribution in [0.2, 0.25) is 5.02 Å². The fraction of sp³-hybridized carbons (Fsp3) is 0.174. The maximum absolute atomic E-state index is 13.4. The number of carbonyl (C=O) groups is 1. The Kier molecular flexibility index (Phi) is 5.49. The van der Waals surface area contributed by atoms with Crippen LogP contribution in [0.25, 0.3) is 0 Å². The zero-order valence-corrected chi connectivity index (χ0v) is 16.3. The molecule has 0 bridgehead atoms. The highest BCUT2D eigenvalue weighted by molar-refractivity contribution is 6.33. The molecule has 2 amide bonds. The lowest BCUT2D eigenvalue weighted by atomic mass is 10.2. The summed E-state index contributed by atoms with van der Waals surface area (Å²) in [4.78, 5) is 19.3. The number of rotatable bonds is 3. The van der Waals surface area contributed by atoms with Crippen LogP contribution in [0.4, 0.5) is 21.9 Å². The molecule has 4 nitrogen and oxygen atoms in total. The fourth-order valence-corrected chi connectivity index (χ4v) is 3.77. The van der Waals surface area contributed by atoms with Crippen molar-refractivity contribution in [2.45, 2.75) is 0 Å². The van der Waals surface area contributed by atoms with Crippen LogP contribution in [0.5, 0.6) is 0 Å². The third-order valence-electron chi connectivity index (χ3n) is 4.96. The molecule has 1 aliphatic rings. The molecule has 3 aromatic carbocycles. The van der Waals surface area contributed by atoms with E-state index in [0.29, 0.717) is 13.1 Å². The number of hydrogen-bond acceptors (Lipinski definition) is 2. The summed E-state index contributed by atoms with van der Waals surface area (Å²) in [6.45, 7) is 2.82. The number of carbonyl (C=O) groups excluding carboxylic acids is 1. The van der Waals surface area contributed by atoms with Crippen LogP contribution in [0.15, 0.2) is 84.9 Å². The van der Waals surface area contributed by atoms with Crippen LogP contribution in [0, 0.1) is 0 Å². The average Bonchev–Trinajstić information content (AvgIpc) is 2.76. The lowest BCUT2D eigenvalue weighted by molar-refractivity contribution is 0.203. The normalized spacial score (nSPS) is 14.0. The number of amides is 2. The molecule has 0 aromatic heterocycles. The number of para-hydroxylation sites is 3. The second-order valence-electron chi connectivity index (χ2n) is 6.71. The number of benzene rings is 3. The van der Waals surface area contributed by atoms with Gasteiger partial charge >= 0.3 is 6.03 Å². The fourth-order valence-electron chi connectivity index (χ4n) is 3.51. The van der Waals surface area contributed by atoms with E-state index in [9.17, 15) is 4.79 Å². The highest BCUT2D eigenvalue weighted by Crippen LogP contribution is 2.29. The molecule has 0 unspecified atom stereocenters. The first-order valence-corrected chi connectivity index (χ1v) is 9.80. The lowest BCUT2D eigenvalue weighted by Crippen LogP contribution is -2.52. The Labute approximate surface area is 170 Å². The van der Waals surface area contributed by atoms with Crippen molar-refractivity contribution in [1.82, 2.24) is 4.90 Å². The van der Waals surface area contributed by atoms with Crippen LogP contribution < -0.4 is 9.80 Å². The summed E-state index contributed by atoms with van der Waals surface area (Å²) in [6, 6.07) is 27.4. The smallest absolute Gasteiger partial charge is 0.329 e. The zero-order valence-electron chi connectivity index (χ0n) is 15.5. The molecule has 142 valence electrons. The predicted octanol–water partition coefficient (Wildman–Crippen LogP) is 5.42. The molecule has 1 fully saturated rings. The third-order valence-corrected chi connectivity index (χ3v) is 5.28. The second-order valence-corrected chi connectivity index (χ2v) is 7.12. The van der Waals surface area contributed by atoms with Gasteiger partial charge in [-0.25, -0.2) is 4.79 Å². The van der Waals surface area contributed by atoms with E-state index in [4.69, 9.17) is 11.6 Å². The summed E-state index contributed by atoms with van der Waals surface area (Å²) >= 11 is 6.34. The largest absolute Gasteiger partial charge is 0.367 e. The quantitative estimate of drug-likeness (QED) is 0.596. The zero-order chi connectivity index (χ0) is 19.3. The van der Waals surface area contributed by atoms with E-state index in [1.165, 1.54) is 0 Å². The Balaban J connectivity index is 1.53. The Bertz CT molecular complexity index is 885. The van der Waals surface area contributed by atoms with E-state index >= 15 is 0 Å². The van der Waals surface area contributed by atoms with Gasteiger partial charge in [-0.3, -0.25) is 4.90 Å². The van der Waals surface area contributed by atoms with E-state index in [0.717, 1.165) is 35.2 Å². The van der Waals surface area contributed by atoms with Gasteiger partial charge in [0.05, 0.1) is 22.1 Å². The first-order chi connectivity index (χ1) is 13.7. The van der Waals surface area contributed by atoms with E-state index in [2.05, 4.69) is 4.90 Å². The minimum atomic E-state index is -0.00351. The molecule has 1 aliphatic heterocycles. The number of piperazine rings is 1. The topological polar surface area (TPSA) is 26.8 Å². The van der Waals surface area contributed by atoms with Crippen molar-refractivity contribution in [2.24, 2.45) is 0 Å². The summed E-state index contributed by atoms with van der Waals surface area (Å²) in [5.74, 6) is 0. The molecular formula is C23H22ClN3O. The number of nitrogens with zero attached hydrogens (tertiary/aromatic N) is 3. The molecule has 1 heterocycles. The predicted molar refractivity (Wildman–Crippen MR) is 116 cm³/mol. The summed E-state index contributed by atoms with van der Waals surface area (Å²) in [7, 11) is 0. The summed E-state index contributed by atoms with van der Waals surface area (Å²) < 4.78 is 0. The third kappa shape index (κ3) is 3.82. The van der Waals surface area contributed by atoms with Gasteiger partial charge in [0, 0.05) is 26.2 Å². The number of halogens is 1. The molecule has 1 saturated heterocycles. The number of hydrogen-bond donors (Lipinski definition) is 0. The first kappa shape index (κ1) is 18.4. The maximum atomic E-state index is 13.4. The van der Waals surface area contributed by atoms with Crippen molar-refractivity contribution in [3.05, 3.63) is 90.0 Å². The Hall–Kier alpha value is -2.98. The van der Waals surface area contributed by atoms with Gasteiger partial charge in [-0.05, 0) is 36.4 Å². The van der Waals surface area contributed by atoms with Gasteiger partial charge in [0.2, 0.25) is 0 Å². The Morgan fingerprint density at radius 1 is 0.714 bits per heavy atom. The molecule has 4 rings (SSSR count). The highest BCUT2D eigenvalue weighted by Gasteiger charge is 2.27. The number of urea groups is 1. The van der Waals surface area contributed by atoms with E-state index in [1.807, 2.05) is 89.8 Å². The summed E-state index contributed by atoms with van der Waals surface area (Å²) in [6.07, 6.45) is 0. The SMILES string of the molecule is O=C(N1CCN(c2ccccc2Cl)CC1)N(c1ccccc1)c1ccccc1. The van der Waals surface area contributed by atoms with Crippen molar-refractivity contribution in [3.63, 3.8) is 0 Å². The molecule has 3 aromatic rings. The second kappa shape index (κ2) is 8.36. The summed E-state index contributed by atoms with van der Waals surface area (Å²) in [5.41, 5.74) is 2.76. The van der Waals surface area contributed by atoms with Gasteiger partial charge in [0.25, 0.3) is 0 Å². The van der Waals surface area contributed by atoms with E-state index in [1.54, 1.807) is 4.90 Å².